The molecular formula is C12H8F2. The Labute approximate surface area is 80.8 Å². The van der Waals surface area contributed by atoms with Crippen molar-refractivity contribution in [1.29, 1.82) is 0 Å². The molecule has 14 heavy (non-hydrogen) atoms. The normalized spacial score (nSPS) is 10.1. The van der Waals surface area contributed by atoms with E-state index in [9.17, 15) is 8.78 Å². The molecule has 0 saturated heterocycles. The number of benzene rings is 2. The minimum atomic E-state index is -0.356. The van der Waals surface area contributed by atoms with Crippen LogP contribution >= 0.6 is 0 Å². The fraction of sp³-hybridized carbons (Fsp3) is 0. The maximum Gasteiger partial charge on any atom is 0.131 e. The van der Waals surface area contributed by atoms with Gasteiger partial charge in [-0.3, -0.25) is 0 Å². The molecule has 0 unspecified atom stereocenters. The first-order chi connectivity index (χ1) is 6.77. The summed E-state index contributed by atoms with van der Waals surface area (Å²) in [4.78, 5) is 0. The second kappa shape index (κ2) is 3.58. The van der Waals surface area contributed by atoms with Crippen molar-refractivity contribution < 1.29 is 8.78 Å². The molecule has 0 nitrogen and oxygen atoms in total. The summed E-state index contributed by atoms with van der Waals surface area (Å²) in [6.45, 7) is 0. The van der Waals surface area contributed by atoms with E-state index in [-0.39, 0.29) is 11.6 Å². The van der Waals surface area contributed by atoms with Crippen molar-refractivity contribution in [1.82, 2.24) is 0 Å². The lowest BCUT2D eigenvalue weighted by molar-refractivity contribution is 0.624. The maximum absolute atomic E-state index is 13.3. The number of rotatable bonds is 1. The van der Waals surface area contributed by atoms with Crippen LogP contribution in [0.5, 0.6) is 0 Å². The molecule has 0 fully saturated rings. The fourth-order valence-corrected chi connectivity index (χ4v) is 1.35. The van der Waals surface area contributed by atoms with Crippen LogP contribution in [0.25, 0.3) is 11.1 Å². The van der Waals surface area contributed by atoms with E-state index in [4.69, 9.17) is 0 Å². The van der Waals surface area contributed by atoms with Crippen molar-refractivity contribution in [3.05, 3.63) is 60.2 Å². The summed E-state index contributed by atoms with van der Waals surface area (Å²) in [5.41, 5.74) is 0.982. The molecule has 0 aliphatic heterocycles. The Morgan fingerprint density at radius 1 is 0.786 bits per heavy atom. The van der Waals surface area contributed by atoms with Crippen molar-refractivity contribution in [3.8, 4) is 11.1 Å². The molecule has 0 aliphatic carbocycles. The summed E-state index contributed by atoms with van der Waals surface area (Å²) in [7, 11) is 0. The first kappa shape index (κ1) is 8.88. The summed E-state index contributed by atoms with van der Waals surface area (Å²) in [5, 5.41) is 0. The third-order valence-corrected chi connectivity index (χ3v) is 2.01. The van der Waals surface area contributed by atoms with Crippen LogP contribution in [-0.4, -0.2) is 0 Å². The van der Waals surface area contributed by atoms with Crippen LogP contribution in [-0.2, 0) is 0 Å². The van der Waals surface area contributed by atoms with Gasteiger partial charge < -0.3 is 0 Å². The van der Waals surface area contributed by atoms with E-state index in [1.54, 1.807) is 30.3 Å². The van der Waals surface area contributed by atoms with Gasteiger partial charge in [0.05, 0.1) is 0 Å². The fourth-order valence-electron chi connectivity index (χ4n) is 1.35. The molecule has 0 saturated carbocycles. The highest BCUT2D eigenvalue weighted by molar-refractivity contribution is 5.63. The Morgan fingerprint density at radius 2 is 1.57 bits per heavy atom. The minimum Gasteiger partial charge on any atom is -0.207 e. The van der Waals surface area contributed by atoms with Crippen molar-refractivity contribution in [2.45, 2.75) is 0 Å². The van der Waals surface area contributed by atoms with E-state index in [0.717, 1.165) is 0 Å². The largest absolute Gasteiger partial charge is 0.207 e. The Morgan fingerprint density at radius 3 is 2.29 bits per heavy atom. The molecule has 0 bridgehead atoms. The standard InChI is InChI=1S/C12H8F2/c13-10-5-3-4-9(8-10)11-6-1-2-7-12(11)14/h1-8H. The van der Waals surface area contributed by atoms with E-state index in [1.165, 1.54) is 18.2 Å². The first-order valence-electron chi connectivity index (χ1n) is 4.28. The lowest BCUT2D eigenvalue weighted by Gasteiger charge is -2.02. The average molecular weight is 190 g/mol. The van der Waals surface area contributed by atoms with E-state index in [1.807, 2.05) is 0 Å². The molecule has 2 rings (SSSR count). The molecule has 0 spiro atoms. The zero-order valence-corrected chi connectivity index (χ0v) is 7.37. The van der Waals surface area contributed by atoms with Gasteiger partial charge in [0.2, 0.25) is 0 Å². The topological polar surface area (TPSA) is 0 Å². The monoisotopic (exact) mass is 190 g/mol. The van der Waals surface area contributed by atoms with E-state index >= 15 is 0 Å². The lowest BCUT2D eigenvalue weighted by atomic mass is 10.1. The molecule has 0 aromatic heterocycles. The Hall–Kier alpha value is -1.70. The average Bonchev–Trinajstić information content (AvgIpc) is 2.18. The first-order valence-corrected chi connectivity index (χ1v) is 4.28. The van der Waals surface area contributed by atoms with Gasteiger partial charge in [0.1, 0.15) is 11.6 Å². The zero-order valence-electron chi connectivity index (χ0n) is 7.37. The third kappa shape index (κ3) is 1.64. The molecule has 70 valence electrons. The summed E-state index contributed by atoms with van der Waals surface area (Å²) in [5.74, 6) is -0.691. The number of halogens is 2. The minimum absolute atomic E-state index is 0.335. The van der Waals surface area contributed by atoms with Crippen LogP contribution in [0.2, 0.25) is 0 Å². The van der Waals surface area contributed by atoms with Gasteiger partial charge in [0.25, 0.3) is 0 Å². The predicted octanol–water partition coefficient (Wildman–Crippen LogP) is 3.63. The van der Waals surface area contributed by atoms with Crippen LogP contribution < -0.4 is 0 Å². The molecular weight excluding hydrogens is 182 g/mol. The Kier molecular flexibility index (Phi) is 2.27. The molecule has 0 aliphatic rings. The van der Waals surface area contributed by atoms with Crippen LogP contribution in [0.4, 0.5) is 8.78 Å². The Balaban J connectivity index is 2.55. The second-order valence-corrected chi connectivity index (χ2v) is 2.99. The van der Waals surface area contributed by atoms with Gasteiger partial charge in [0.15, 0.2) is 0 Å². The van der Waals surface area contributed by atoms with Crippen molar-refractivity contribution in [3.63, 3.8) is 0 Å². The van der Waals surface area contributed by atoms with E-state index in [2.05, 4.69) is 0 Å². The molecule has 2 heteroatoms. The Bertz CT molecular complexity index is 450. The van der Waals surface area contributed by atoms with Crippen LogP contribution in [0.1, 0.15) is 0 Å². The smallest absolute Gasteiger partial charge is 0.131 e. The molecule has 2 aromatic carbocycles. The number of hydrogen-bond acceptors (Lipinski definition) is 0. The summed E-state index contributed by atoms with van der Waals surface area (Å²) >= 11 is 0. The SMILES string of the molecule is Fc1cccc(-c2ccccc2F)c1. The van der Waals surface area contributed by atoms with Gasteiger partial charge in [0, 0.05) is 5.56 Å². The van der Waals surface area contributed by atoms with Crippen LogP contribution in [0.15, 0.2) is 48.5 Å². The van der Waals surface area contributed by atoms with Gasteiger partial charge in [-0.25, -0.2) is 8.78 Å². The summed E-state index contributed by atoms with van der Waals surface area (Å²) < 4.78 is 26.1. The second-order valence-electron chi connectivity index (χ2n) is 2.99. The van der Waals surface area contributed by atoms with Crippen LogP contribution in [0, 0.1) is 11.6 Å². The van der Waals surface area contributed by atoms with Gasteiger partial charge in [-0.05, 0) is 23.8 Å². The zero-order chi connectivity index (χ0) is 9.97. The van der Waals surface area contributed by atoms with Crippen molar-refractivity contribution in [2.24, 2.45) is 0 Å². The lowest BCUT2D eigenvalue weighted by Crippen LogP contribution is -1.84. The van der Waals surface area contributed by atoms with Gasteiger partial charge in [-0.1, -0.05) is 30.3 Å². The van der Waals surface area contributed by atoms with Gasteiger partial charge in [-0.15, -0.1) is 0 Å². The van der Waals surface area contributed by atoms with Crippen LogP contribution in [0.3, 0.4) is 0 Å². The summed E-state index contributed by atoms with van der Waals surface area (Å²) in [6.07, 6.45) is 0. The molecule has 2 aromatic rings. The highest BCUT2D eigenvalue weighted by Crippen LogP contribution is 2.22. The highest BCUT2D eigenvalue weighted by atomic mass is 19.1. The quantitative estimate of drug-likeness (QED) is 0.644. The number of hydrogen-bond donors (Lipinski definition) is 0. The van der Waals surface area contributed by atoms with Crippen molar-refractivity contribution in [2.75, 3.05) is 0 Å². The van der Waals surface area contributed by atoms with Gasteiger partial charge in [-0.2, -0.15) is 0 Å². The third-order valence-electron chi connectivity index (χ3n) is 2.01. The molecule has 0 heterocycles. The van der Waals surface area contributed by atoms with Gasteiger partial charge >= 0.3 is 0 Å². The van der Waals surface area contributed by atoms with E-state index in [0.29, 0.717) is 11.1 Å². The summed E-state index contributed by atoms with van der Waals surface area (Å²) in [6, 6.07) is 12.2. The molecule has 0 radical (unpaired) electrons. The molecule has 0 amide bonds. The molecule has 0 atom stereocenters. The predicted molar refractivity (Wildman–Crippen MR) is 51.8 cm³/mol. The highest BCUT2D eigenvalue weighted by Gasteiger charge is 2.03. The van der Waals surface area contributed by atoms with E-state index < -0.39 is 0 Å². The maximum atomic E-state index is 13.3. The van der Waals surface area contributed by atoms with Crippen molar-refractivity contribution >= 4 is 0 Å². The molecule has 0 N–H and O–H groups in total.